The maximum absolute atomic E-state index is 12.6. The van der Waals surface area contributed by atoms with E-state index >= 15 is 0 Å². The minimum atomic E-state index is -0.189. The lowest BCUT2D eigenvalue weighted by Crippen LogP contribution is -2.27. The summed E-state index contributed by atoms with van der Waals surface area (Å²) in [6.07, 6.45) is 0. The number of fused-ring (bicyclic) bond motifs is 1. The van der Waals surface area contributed by atoms with E-state index in [-0.39, 0.29) is 17.9 Å². The van der Waals surface area contributed by atoms with Crippen LogP contribution in [-0.4, -0.2) is 16.1 Å². The minimum absolute atomic E-state index is 0.116. The van der Waals surface area contributed by atoms with Gasteiger partial charge in [-0.2, -0.15) is 5.10 Å². The molecule has 0 bridgehead atoms. The molecule has 0 aliphatic rings. The summed E-state index contributed by atoms with van der Waals surface area (Å²) in [6.45, 7) is 6.10. The first-order valence-electron chi connectivity index (χ1n) is 8.01. The van der Waals surface area contributed by atoms with E-state index < -0.39 is 0 Å². The second-order valence-electron chi connectivity index (χ2n) is 6.22. The number of benzene rings is 2. The van der Waals surface area contributed by atoms with E-state index in [0.717, 1.165) is 21.1 Å². The number of nitrogens with one attached hydrogen (secondary N) is 2. The second-order valence-corrected chi connectivity index (χ2v) is 7.01. The Kier molecular flexibility index (Phi) is 4.71. The van der Waals surface area contributed by atoms with E-state index in [1.54, 1.807) is 0 Å². The monoisotopic (exact) mass is 385 g/mol. The fraction of sp³-hybridized carbons (Fsp3) is 0.263. The average Bonchev–Trinajstić information content (AvgIpc) is 2.96. The van der Waals surface area contributed by atoms with Gasteiger partial charge in [-0.1, -0.05) is 56.3 Å². The zero-order chi connectivity index (χ0) is 17.3. The molecule has 0 fully saturated rings. The molecule has 1 amide bonds. The Hall–Kier alpha value is -2.14. The summed E-state index contributed by atoms with van der Waals surface area (Å²) < 4.78 is 0.736. The van der Waals surface area contributed by atoms with Crippen molar-refractivity contribution in [3.63, 3.8) is 0 Å². The van der Waals surface area contributed by atoms with Crippen molar-refractivity contribution < 1.29 is 4.79 Å². The van der Waals surface area contributed by atoms with Gasteiger partial charge < -0.3 is 5.32 Å². The van der Waals surface area contributed by atoms with Crippen LogP contribution in [0, 0.1) is 0 Å². The molecule has 4 nitrogen and oxygen atoms in total. The Balaban J connectivity index is 1.86. The number of aromatic nitrogens is 2. The highest BCUT2D eigenvalue weighted by Gasteiger charge is 2.21. The lowest BCUT2D eigenvalue weighted by Gasteiger charge is -2.16. The summed E-state index contributed by atoms with van der Waals surface area (Å²) in [5.74, 6) is 0.0781. The number of H-pyrrole nitrogens is 1. The van der Waals surface area contributed by atoms with E-state index in [0.29, 0.717) is 5.69 Å². The topological polar surface area (TPSA) is 57.8 Å². The van der Waals surface area contributed by atoms with Crippen LogP contribution < -0.4 is 5.32 Å². The molecule has 1 heterocycles. The summed E-state index contributed by atoms with van der Waals surface area (Å²) in [5.41, 5.74) is 2.42. The highest BCUT2D eigenvalue weighted by atomic mass is 79.9. The van der Waals surface area contributed by atoms with Gasteiger partial charge in [0.15, 0.2) is 5.69 Å². The summed E-state index contributed by atoms with van der Waals surface area (Å²) in [5, 5.41) is 12.5. The molecule has 3 aromatic rings. The molecular formula is C19H20BrN3O. The quantitative estimate of drug-likeness (QED) is 0.667. The minimum Gasteiger partial charge on any atom is -0.344 e. The third-order valence-corrected chi connectivity index (χ3v) is 4.97. The zero-order valence-corrected chi connectivity index (χ0v) is 15.5. The number of carbonyl (C=O) groups excluding carboxylic acids is 1. The van der Waals surface area contributed by atoms with Gasteiger partial charge in [-0.05, 0) is 45.1 Å². The summed E-state index contributed by atoms with van der Waals surface area (Å²) in [7, 11) is 0. The van der Waals surface area contributed by atoms with E-state index in [1.807, 2.05) is 31.2 Å². The molecule has 0 aliphatic carbocycles. The molecule has 0 aliphatic heterocycles. The van der Waals surface area contributed by atoms with Crippen molar-refractivity contribution in [1.82, 2.24) is 15.5 Å². The first kappa shape index (κ1) is 16.7. The molecule has 0 radical (unpaired) electrons. The Labute approximate surface area is 149 Å². The van der Waals surface area contributed by atoms with Crippen LogP contribution in [0.2, 0.25) is 0 Å². The normalized spacial score (nSPS) is 12.5. The summed E-state index contributed by atoms with van der Waals surface area (Å²) in [4.78, 5) is 12.6. The average molecular weight is 386 g/mol. The number of rotatable bonds is 4. The largest absolute Gasteiger partial charge is 0.344 e. The van der Waals surface area contributed by atoms with Crippen molar-refractivity contribution in [2.75, 3.05) is 0 Å². The third kappa shape index (κ3) is 3.08. The highest BCUT2D eigenvalue weighted by molar-refractivity contribution is 9.10. The number of amides is 1. The Morgan fingerprint density at radius 1 is 1.12 bits per heavy atom. The van der Waals surface area contributed by atoms with Crippen molar-refractivity contribution in [3.05, 3.63) is 63.9 Å². The number of aromatic amines is 1. The SMILES string of the molecule is CC(C)c1[nH]nc(C(=O)NC(C)c2cccc3ccccc23)c1Br. The van der Waals surface area contributed by atoms with Crippen LogP contribution in [0.3, 0.4) is 0 Å². The van der Waals surface area contributed by atoms with Crippen molar-refractivity contribution >= 4 is 32.6 Å². The highest BCUT2D eigenvalue weighted by Crippen LogP contribution is 2.27. The first-order valence-corrected chi connectivity index (χ1v) is 8.80. The summed E-state index contributed by atoms with van der Waals surface area (Å²) >= 11 is 3.48. The molecule has 2 N–H and O–H groups in total. The molecule has 0 saturated carbocycles. The van der Waals surface area contributed by atoms with Crippen LogP contribution in [-0.2, 0) is 0 Å². The van der Waals surface area contributed by atoms with E-state index in [1.165, 1.54) is 5.39 Å². The van der Waals surface area contributed by atoms with Gasteiger partial charge in [-0.25, -0.2) is 0 Å². The van der Waals surface area contributed by atoms with Gasteiger partial charge in [-0.15, -0.1) is 0 Å². The lowest BCUT2D eigenvalue weighted by molar-refractivity contribution is 0.0934. The molecule has 5 heteroatoms. The predicted octanol–water partition coefficient (Wildman–Crippen LogP) is 4.94. The van der Waals surface area contributed by atoms with Gasteiger partial charge in [0, 0.05) is 0 Å². The van der Waals surface area contributed by atoms with E-state index in [2.05, 4.69) is 63.5 Å². The Morgan fingerprint density at radius 3 is 2.54 bits per heavy atom. The Bertz CT molecular complexity index is 880. The summed E-state index contributed by atoms with van der Waals surface area (Å²) in [6, 6.07) is 14.2. The van der Waals surface area contributed by atoms with Gasteiger partial charge in [0.25, 0.3) is 5.91 Å². The van der Waals surface area contributed by atoms with Crippen LogP contribution in [0.15, 0.2) is 46.9 Å². The lowest BCUT2D eigenvalue weighted by atomic mass is 9.99. The van der Waals surface area contributed by atoms with Crippen molar-refractivity contribution in [2.45, 2.75) is 32.7 Å². The molecule has 3 rings (SSSR count). The molecule has 1 atom stereocenters. The number of halogens is 1. The van der Waals surface area contributed by atoms with Crippen LogP contribution in [0.5, 0.6) is 0 Å². The van der Waals surface area contributed by atoms with Crippen molar-refractivity contribution in [1.29, 1.82) is 0 Å². The van der Waals surface area contributed by atoms with E-state index in [4.69, 9.17) is 0 Å². The molecule has 1 unspecified atom stereocenters. The molecule has 24 heavy (non-hydrogen) atoms. The molecule has 124 valence electrons. The number of nitrogens with zero attached hydrogens (tertiary/aromatic N) is 1. The predicted molar refractivity (Wildman–Crippen MR) is 100 cm³/mol. The smallest absolute Gasteiger partial charge is 0.273 e. The van der Waals surface area contributed by atoms with Gasteiger partial charge in [0.1, 0.15) is 0 Å². The molecule has 1 aromatic heterocycles. The van der Waals surface area contributed by atoms with Crippen LogP contribution >= 0.6 is 15.9 Å². The maximum atomic E-state index is 12.6. The van der Waals surface area contributed by atoms with Crippen LogP contribution in [0.4, 0.5) is 0 Å². The first-order chi connectivity index (χ1) is 11.5. The fourth-order valence-electron chi connectivity index (χ4n) is 2.85. The molecular weight excluding hydrogens is 366 g/mol. The van der Waals surface area contributed by atoms with Crippen LogP contribution in [0.25, 0.3) is 10.8 Å². The molecule has 2 aromatic carbocycles. The molecule has 0 spiro atoms. The second kappa shape index (κ2) is 6.77. The fourth-order valence-corrected chi connectivity index (χ4v) is 3.66. The maximum Gasteiger partial charge on any atom is 0.273 e. The third-order valence-electron chi connectivity index (χ3n) is 4.16. The Morgan fingerprint density at radius 2 is 1.83 bits per heavy atom. The standard InChI is InChI=1S/C19H20BrN3O/c1-11(2)17-16(20)18(23-22-17)19(24)21-12(3)14-10-6-8-13-7-4-5-9-15(13)14/h4-12H,1-3H3,(H,21,24)(H,22,23). The number of hydrogen-bond donors (Lipinski definition) is 2. The van der Waals surface area contributed by atoms with E-state index in [9.17, 15) is 4.79 Å². The zero-order valence-electron chi connectivity index (χ0n) is 13.9. The number of hydrogen-bond acceptors (Lipinski definition) is 2. The van der Waals surface area contributed by atoms with Gasteiger partial charge >= 0.3 is 0 Å². The van der Waals surface area contributed by atoms with Crippen molar-refractivity contribution in [3.8, 4) is 0 Å². The van der Waals surface area contributed by atoms with Gasteiger partial charge in [0.05, 0.1) is 16.2 Å². The number of carbonyl (C=O) groups is 1. The van der Waals surface area contributed by atoms with Crippen molar-refractivity contribution in [2.24, 2.45) is 0 Å². The van der Waals surface area contributed by atoms with Gasteiger partial charge in [-0.3, -0.25) is 9.89 Å². The van der Waals surface area contributed by atoms with Crippen LogP contribution in [0.1, 0.15) is 54.5 Å². The molecule has 0 saturated heterocycles. The van der Waals surface area contributed by atoms with Gasteiger partial charge in [0.2, 0.25) is 0 Å².